The fourth-order valence-corrected chi connectivity index (χ4v) is 3.34. The maximum absolute atomic E-state index is 12.6. The van der Waals surface area contributed by atoms with Crippen LogP contribution in [0.15, 0.2) is 65.7 Å². The number of Topliss-reactive ketones (excluding diaryl/α,β-unsaturated/α-hetero) is 1. The lowest BCUT2D eigenvalue weighted by Gasteiger charge is -2.19. The molecule has 2 aromatic carbocycles. The summed E-state index contributed by atoms with van der Waals surface area (Å²) in [6.45, 7) is 2.09. The van der Waals surface area contributed by atoms with Crippen LogP contribution in [0.1, 0.15) is 37.3 Å². The van der Waals surface area contributed by atoms with Crippen molar-refractivity contribution in [2.24, 2.45) is 10.9 Å². The Balaban J connectivity index is 2.04. The molecule has 0 saturated heterocycles. The van der Waals surface area contributed by atoms with E-state index in [1.54, 1.807) is 6.92 Å². The zero-order chi connectivity index (χ0) is 18.4. The Hall–Kier alpha value is -2.75. The predicted molar refractivity (Wildman–Crippen MR) is 101 cm³/mol. The van der Waals surface area contributed by atoms with E-state index in [4.69, 9.17) is 9.73 Å². The van der Waals surface area contributed by atoms with Gasteiger partial charge in [-0.2, -0.15) is 0 Å². The highest BCUT2D eigenvalue weighted by Gasteiger charge is 2.35. The molecule has 1 aliphatic carbocycles. The van der Waals surface area contributed by atoms with Crippen LogP contribution in [0.4, 0.5) is 0 Å². The van der Waals surface area contributed by atoms with Crippen LogP contribution in [0.2, 0.25) is 0 Å². The Morgan fingerprint density at radius 1 is 1.08 bits per heavy atom. The van der Waals surface area contributed by atoms with Crippen molar-refractivity contribution >= 4 is 17.5 Å². The van der Waals surface area contributed by atoms with Crippen molar-refractivity contribution in [1.29, 1.82) is 0 Å². The maximum Gasteiger partial charge on any atom is 0.331 e. The zero-order valence-electron chi connectivity index (χ0n) is 14.9. The normalized spacial score (nSPS) is 17.6. The van der Waals surface area contributed by atoms with Crippen LogP contribution in [0.3, 0.4) is 0 Å². The number of nitrogens with zero attached hydrogens (tertiary/aromatic N) is 1. The number of carbonyl (C=O) groups is 2. The summed E-state index contributed by atoms with van der Waals surface area (Å²) in [4.78, 5) is 29.2. The van der Waals surface area contributed by atoms with Crippen molar-refractivity contribution in [3.05, 3.63) is 71.8 Å². The van der Waals surface area contributed by atoms with Crippen molar-refractivity contribution in [2.75, 3.05) is 6.61 Å². The molecule has 1 fully saturated rings. The first-order valence-corrected chi connectivity index (χ1v) is 9.06. The Morgan fingerprint density at radius 3 is 2.12 bits per heavy atom. The molecule has 1 saturated carbocycles. The van der Waals surface area contributed by atoms with Crippen molar-refractivity contribution < 1.29 is 14.3 Å². The van der Waals surface area contributed by atoms with Crippen molar-refractivity contribution in [3.63, 3.8) is 0 Å². The minimum Gasteiger partial charge on any atom is -0.464 e. The van der Waals surface area contributed by atoms with Crippen LogP contribution in [-0.2, 0) is 14.3 Å². The van der Waals surface area contributed by atoms with E-state index in [-0.39, 0.29) is 17.7 Å². The second kappa shape index (κ2) is 8.56. The highest BCUT2D eigenvalue weighted by molar-refractivity contribution is 6.13. The monoisotopic (exact) mass is 349 g/mol. The topological polar surface area (TPSA) is 55.7 Å². The van der Waals surface area contributed by atoms with Gasteiger partial charge < -0.3 is 4.74 Å². The number of aliphatic imine (C=N–C) groups is 1. The summed E-state index contributed by atoms with van der Waals surface area (Å²) in [7, 11) is 0. The molecule has 0 amide bonds. The molecule has 3 rings (SSSR count). The first-order chi connectivity index (χ1) is 12.7. The summed E-state index contributed by atoms with van der Waals surface area (Å²) < 4.78 is 5.27. The molecule has 134 valence electrons. The average Bonchev–Trinajstić information content (AvgIpc) is 3.10. The second-order valence-corrected chi connectivity index (χ2v) is 6.45. The second-order valence-electron chi connectivity index (χ2n) is 6.45. The van der Waals surface area contributed by atoms with Gasteiger partial charge in [-0.05, 0) is 19.3 Å². The molecule has 0 aromatic heterocycles. The third-order valence-electron chi connectivity index (χ3n) is 4.62. The van der Waals surface area contributed by atoms with Gasteiger partial charge in [-0.3, -0.25) is 9.79 Å². The predicted octanol–water partition coefficient (Wildman–Crippen LogP) is 3.82. The van der Waals surface area contributed by atoms with E-state index >= 15 is 0 Å². The van der Waals surface area contributed by atoms with Crippen molar-refractivity contribution in [1.82, 2.24) is 0 Å². The fourth-order valence-electron chi connectivity index (χ4n) is 3.34. The van der Waals surface area contributed by atoms with Crippen LogP contribution in [-0.4, -0.2) is 30.1 Å². The summed E-state index contributed by atoms with van der Waals surface area (Å²) >= 11 is 0. The highest BCUT2D eigenvalue weighted by atomic mass is 16.5. The molecule has 2 aromatic rings. The van der Waals surface area contributed by atoms with Crippen molar-refractivity contribution in [3.8, 4) is 0 Å². The molecule has 2 atom stereocenters. The van der Waals surface area contributed by atoms with Gasteiger partial charge in [0, 0.05) is 24.0 Å². The molecule has 1 aliphatic rings. The van der Waals surface area contributed by atoms with Gasteiger partial charge in [0.15, 0.2) is 6.04 Å². The lowest BCUT2D eigenvalue weighted by Crippen LogP contribution is -2.30. The number of ketones is 1. The standard InChI is InChI=1S/C22H23NO3/c1-2-26-22(25)21(18-13-14-19(24)15-18)23-20(16-9-5-3-6-10-16)17-11-7-4-8-12-17/h3-12,18,21H,2,13-15H2,1H3/t18?,21-/m0/s1. The van der Waals surface area contributed by atoms with E-state index in [2.05, 4.69) is 0 Å². The number of esters is 1. The van der Waals surface area contributed by atoms with Crippen LogP contribution in [0.25, 0.3) is 0 Å². The Kier molecular flexibility index (Phi) is 5.95. The van der Waals surface area contributed by atoms with Gasteiger partial charge in [-0.15, -0.1) is 0 Å². The number of hydrogen-bond acceptors (Lipinski definition) is 4. The summed E-state index contributed by atoms with van der Waals surface area (Å²) in [6.07, 6.45) is 1.59. The van der Waals surface area contributed by atoms with Gasteiger partial charge in [0.2, 0.25) is 0 Å². The Morgan fingerprint density at radius 2 is 1.65 bits per heavy atom. The van der Waals surface area contributed by atoms with Crippen LogP contribution in [0, 0.1) is 5.92 Å². The maximum atomic E-state index is 12.6. The van der Waals surface area contributed by atoms with Gasteiger partial charge in [-0.1, -0.05) is 60.7 Å². The molecule has 4 heteroatoms. The quantitative estimate of drug-likeness (QED) is 0.588. The molecule has 0 aliphatic heterocycles. The average molecular weight is 349 g/mol. The van der Waals surface area contributed by atoms with Gasteiger partial charge in [-0.25, -0.2) is 4.79 Å². The van der Waals surface area contributed by atoms with Crippen LogP contribution >= 0.6 is 0 Å². The molecule has 0 spiro atoms. The molecule has 26 heavy (non-hydrogen) atoms. The minimum atomic E-state index is -0.656. The Bertz CT molecular complexity index is 742. The van der Waals surface area contributed by atoms with Gasteiger partial charge >= 0.3 is 5.97 Å². The number of carbonyl (C=O) groups excluding carboxylic acids is 2. The van der Waals surface area contributed by atoms with E-state index in [1.165, 1.54) is 0 Å². The lowest BCUT2D eigenvalue weighted by molar-refractivity contribution is -0.145. The number of ether oxygens (including phenoxy) is 1. The molecule has 0 bridgehead atoms. The number of hydrogen-bond donors (Lipinski definition) is 0. The van der Waals surface area contributed by atoms with Gasteiger partial charge in [0.05, 0.1) is 12.3 Å². The van der Waals surface area contributed by atoms with E-state index in [9.17, 15) is 9.59 Å². The summed E-state index contributed by atoms with van der Waals surface area (Å²) in [5.74, 6) is -0.249. The molecule has 0 heterocycles. The smallest absolute Gasteiger partial charge is 0.331 e. The van der Waals surface area contributed by atoms with E-state index in [0.29, 0.717) is 25.9 Å². The summed E-state index contributed by atoms with van der Waals surface area (Å²) in [5, 5.41) is 0. The fraction of sp³-hybridized carbons (Fsp3) is 0.318. The van der Waals surface area contributed by atoms with E-state index in [1.807, 2.05) is 60.7 Å². The zero-order valence-corrected chi connectivity index (χ0v) is 14.9. The van der Waals surface area contributed by atoms with E-state index < -0.39 is 6.04 Å². The third-order valence-corrected chi connectivity index (χ3v) is 4.62. The molecular formula is C22H23NO3. The highest BCUT2D eigenvalue weighted by Crippen LogP contribution is 2.29. The number of benzene rings is 2. The first-order valence-electron chi connectivity index (χ1n) is 9.06. The first kappa shape index (κ1) is 18.1. The molecule has 4 nitrogen and oxygen atoms in total. The molecule has 0 radical (unpaired) electrons. The molecule has 1 unspecified atom stereocenters. The SMILES string of the molecule is CCOC(=O)[C@@H](N=C(c1ccccc1)c1ccccc1)C1CCC(=O)C1. The minimum absolute atomic E-state index is 0.0935. The third kappa shape index (κ3) is 4.26. The number of rotatable bonds is 6. The van der Waals surface area contributed by atoms with Gasteiger partial charge in [0.1, 0.15) is 5.78 Å². The lowest BCUT2D eigenvalue weighted by atomic mass is 9.96. The largest absolute Gasteiger partial charge is 0.464 e. The summed E-state index contributed by atoms with van der Waals surface area (Å²) in [5.41, 5.74) is 2.64. The molecular weight excluding hydrogens is 326 g/mol. The Labute approximate surface area is 153 Å². The summed E-state index contributed by atoms with van der Waals surface area (Å²) in [6, 6.07) is 19.0. The van der Waals surface area contributed by atoms with Crippen molar-refractivity contribution in [2.45, 2.75) is 32.2 Å². The molecule has 0 N–H and O–H groups in total. The van der Waals surface area contributed by atoms with Crippen LogP contribution in [0.5, 0.6) is 0 Å². The van der Waals surface area contributed by atoms with Crippen LogP contribution < -0.4 is 0 Å². The van der Waals surface area contributed by atoms with Gasteiger partial charge in [0.25, 0.3) is 0 Å². The van der Waals surface area contributed by atoms with E-state index in [0.717, 1.165) is 16.8 Å².